The number of alkyl halides is 1. The van der Waals surface area contributed by atoms with Gasteiger partial charge < -0.3 is 0 Å². The molecule has 0 nitrogen and oxygen atoms in total. The lowest BCUT2D eigenvalue weighted by atomic mass is 10.1. The third-order valence-corrected chi connectivity index (χ3v) is 4.96. The molecule has 0 N–H and O–H groups in total. The van der Waals surface area contributed by atoms with Crippen molar-refractivity contribution in [2.24, 2.45) is 0 Å². The topological polar surface area (TPSA) is 0 Å². The molecule has 2 aromatic rings. The molecule has 68 valence electrons. The number of hydrogen-bond donors (Lipinski definition) is 0. The van der Waals surface area contributed by atoms with Gasteiger partial charge in [-0.25, -0.2) is 0 Å². The second-order valence-electron chi connectivity index (χ2n) is 2.95. The zero-order chi connectivity index (χ0) is 9.42. The summed E-state index contributed by atoms with van der Waals surface area (Å²) in [6.45, 7) is 2.16. The Balaban J connectivity index is 2.83. The number of halogens is 2. The van der Waals surface area contributed by atoms with Crippen LogP contribution in [0.2, 0.25) is 0 Å². The van der Waals surface area contributed by atoms with E-state index in [-0.39, 0.29) is 0 Å². The van der Waals surface area contributed by atoms with Crippen molar-refractivity contribution >= 4 is 55.6 Å². The van der Waals surface area contributed by atoms with Crippen LogP contribution in [0.4, 0.5) is 0 Å². The van der Waals surface area contributed by atoms with Crippen LogP contribution in [0.1, 0.15) is 11.1 Å². The quantitative estimate of drug-likeness (QED) is 0.533. The summed E-state index contributed by atoms with van der Waals surface area (Å²) in [5, 5.41) is 3.45. The highest BCUT2D eigenvalue weighted by molar-refractivity contribution is 14.1. The molecule has 0 unspecified atom stereocenters. The standard InChI is InChI=1S/C10H8ClIS/c1-6-9(12)8(5-11)4-7-2-3-13-10(6)7/h2-4H,5H2,1H3. The SMILES string of the molecule is Cc1c(I)c(CCl)cc2ccsc12. The molecule has 0 aliphatic carbocycles. The van der Waals surface area contributed by atoms with Crippen molar-refractivity contribution in [3.05, 3.63) is 32.2 Å². The molecular weight excluding hydrogens is 315 g/mol. The maximum absolute atomic E-state index is 5.87. The zero-order valence-electron chi connectivity index (χ0n) is 7.10. The van der Waals surface area contributed by atoms with Crippen LogP contribution >= 0.6 is 45.5 Å². The Kier molecular flexibility index (Phi) is 2.81. The van der Waals surface area contributed by atoms with Crippen LogP contribution in [0.15, 0.2) is 17.5 Å². The largest absolute Gasteiger partial charge is 0.144 e. The monoisotopic (exact) mass is 322 g/mol. The summed E-state index contributed by atoms with van der Waals surface area (Å²) < 4.78 is 2.70. The van der Waals surface area contributed by atoms with Crippen LogP contribution in [0, 0.1) is 10.5 Å². The predicted octanol–water partition coefficient (Wildman–Crippen LogP) is 4.55. The highest BCUT2D eigenvalue weighted by Gasteiger charge is 2.07. The second kappa shape index (κ2) is 3.75. The van der Waals surface area contributed by atoms with Crippen LogP contribution < -0.4 is 0 Å². The first-order valence-electron chi connectivity index (χ1n) is 3.95. The van der Waals surface area contributed by atoms with Crippen LogP contribution in [0.3, 0.4) is 0 Å². The molecule has 0 saturated heterocycles. The second-order valence-corrected chi connectivity index (χ2v) is 5.21. The van der Waals surface area contributed by atoms with Gasteiger partial charge in [0.2, 0.25) is 0 Å². The number of fused-ring (bicyclic) bond motifs is 1. The Labute approximate surface area is 100 Å². The van der Waals surface area contributed by atoms with Crippen LogP contribution in [-0.4, -0.2) is 0 Å². The lowest BCUT2D eigenvalue weighted by Gasteiger charge is -2.05. The molecule has 0 spiro atoms. The van der Waals surface area contributed by atoms with Crippen molar-refractivity contribution in [2.45, 2.75) is 12.8 Å². The molecule has 0 aliphatic heterocycles. The van der Waals surface area contributed by atoms with Gasteiger partial charge in [-0.3, -0.25) is 0 Å². The van der Waals surface area contributed by atoms with Crippen molar-refractivity contribution in [1.29, 1.82) is 0 Å². The minimum Gasteiger partial charge on any atom is -0.144 e. The molecule has 3 heteroatoms. The van der Waals surface area contributed by atoms with E-state index in [4.69, 9.17) is 11.6 Å². The summed E-state index contributed by atoms with van der Waals surface area (Å²) >= 11 is 10.0. The summed E-state index contributed by atoms with van der Waals surface area (Å²) in [6.07, 6.45) is 0. The first-order valence-corrected chi connectivity index (χ1v) is 6.44. The van der Waals surface area contributed by atoms with E-state index in [2.05, 4.69) is 47.0 Å². The average molecular weight is 323 g/mol. The summed E-state index contributed by atoms with van der Waals surface area (Å²) in [7, 11) is 0. The molecular formula is C10H8ClIS. The molecule has 13 heavy (non-hydrogen) atoms. The van der Waals surface area contributed by atoms with Gasteiger partial charge in [-0.2, -0.15) is 0 Å². The third kappa shape index (κ3) is 1.60. The minimum atomic E-state index is 0.602. The van der Waals surface area contributed by atoms with Crippen molar-refractivity contribution in [1.82, 2.24) is 0 Å². The van der Waals surface area contributed by atoms with Gasteiger partial charge in [0.15, 0.2) is 0 Å². The summed E-state index contributed by atoms with van der Waals surface area (Å²) in [5.41, 5.74) is 2.61. The van der Waals surface area contributed by atoms with Crippen molar-refractivity contribution < 1.29 is 0 Å². The maximum Gasteiger partial charge on any atom is 0.0484 e. The van der Waals surface area contributed by atoms with E-state index in [1.165, 1.54) is 24.8 Å². The Hall–Kier alpha value is 0.200. The molecule has 0 saturated carbocycles. The number of rotatable bonds is 1. The average Bonchev–Trinajstić information content (AvgIpc) is 2.59. The predicted molar refractivity (Wildman–Crippen MR) is 68.8 cm³/mol. The van der Waals surface area contributed by atoms with Gasteiger partial charge in [-0.15, -0.1) is 22.9 Å². The Bertz CT molecular complexity index is 447. The molecule has 2 rings (SSSR count). The maximum atomic E-state index is 5.87. The first-order chi connectivity index (χ1) is 6.24. The van der Waals surface area contributed by atoms with Crippen LogP contribution in [-0.2, 0) is 5.88 Å². The highest BCUT2D eigenvalue weighted by Crippen LogP contribution is 2.31. The fraction of sp³-hybridized carbons (Fsp3) is 0.200. The van der Waals surface area contributed by atoms with E-state index in [9.17, 15) is 0 Å². The molecule has 1 aromatic heterocycles. The fourth-order valence-electron chi connectivity index (χ4n) is 1.43. The molecule has 0 fully saturated rings. The van der Waals surface area contributed by atoms with Crippen LogP contribution in [0.5, 0.6) is 0 Å². The Morgan fingerprint density at radius 1 is 1.54 bits per heavy atom. The van der Waals surface area contributed by atoms with Gasteiger partial charge >= 0.3 is 0 Å². The third-order valence-electron chi connectivity index (χ3n) is 2.12. The summed E-state index contributed by atoms with van der Waals surface area (Å²) in [4.78, 5) is 0. The van der Waals surface area contributed by atoms with Crippen molar-refractivity contribution in [3.63, 3.8) is 0 Å². The molecule has 0 amide bonds. The Morgan fingerprint density at radius 3 is 3.00 bits per heavy atom. The van der Waals surface area contributed by atoms with E-state index >= 15 is 0 Å². The van der Waals surface area contributed by atoms with Gasteiger partial charge in [0.05, 0.1) is 0 Å². The number of aryl methyl sites for hydroxylation is 1. The van der Waals surface area contributed by atoms with E-state index in [0.717, 1.165) is 0 Å². The summed E-state index contributed by atoms with van der Waals surface area (Å²) in [6, 6.07) is 4.34. The van der Waals surface area contributed by atoms with Gasteiger partial charge in [0, 0.05) is 14.2 Å². The first kappa shape index (κ1) is 9.74. The van der Waals surface area contributed by atoms with Crippen molar-refractivity contribution in [3.8, 4) is 0 Å². The molecule has 0 aliphatic rings. The van der Waals surface area contributed by atoms with E-state index in [1.807, 2.05) is 0 Å². The van der Waals surface area contributed by atoms with Crippen LogP contribution in [0.25, 0.3) is 10.1 Å². The molecule has 1 aromatic carbocycles. The van der Waals surface area contributed by atoms with E-state index in [1.54, 1.807) is 11.3 Å². The number of benzene rings is 1. The molecule has 0 atom stereocenters. The van der Waals surface area contributed by atoms with Gasteiger partial charge in [0.25, 0.3) is 0 Å². The highest BCUT2D eigenvalue weighted by atomic mass is 127. The number of hydrogen-bond acceptors (Lipinski definition) is 1. The van der Waals surface area contributed by atoms with E-state index in [0.29, 0.717) is 5.88 Å². The molecule has 0 bridgehead atoms. The van der Waals surface area contributed by atoms with Gasteiger partial charge in [0.1, 0.15) is 0 Å². The van der Waals surface area contributed by atoms with Gasteiger partial charge in [-0.05, 0) is 63.5 Å². The zero-order valence-corrected chi connectivity index (χ0v) is 10.8. The fourth-order valence-corrected chi connectivity index (χ4v) is 3.55. The van der Waals surface area contributed by atoms with E-state index < -0.39 is 0 Å². The smallest absolute Gasteiger partial charge is 0.0484 e. The lowest BCUT2D eigenvalue weighted by Crippen LogP contribution is -1.88. The normalized spacial score (nSPS) is 11.0. The van der Waals surface area contributed by atoms with Crippen molar-refractivity contribution in [2.75, 3.05) is 0 Å². The summed E-state index contributed by atoms with van der Waals surface area (Å²) in [5.74, 6) is 0.602. The molecule has 0 radical (unpaired) electrons. The lowest BCUT2D eigenvalue weighted by molar-refractivity contribution is 1.34. The minimum absolute atomic E-state index is 0.602. The van der Waals surface area contributed by atoms with Gasteiger partial charge in [-0.1, -0.05) is 0 Å². The molecule has 1 heterocycles. The number of thiophene rings is 1. The Morgan fingerprint density at radius 2 is 2.31 bits per heavy atom.